The Labute approximate surface area is 147 Å². The van der Waals surface area contributed by atoms with Crippen LogP contribution in [-0.2, 0) is 0 Å². The maximum atomic E-state index is 12.2. The highest BCUT2D eigenvalue weighted by Crippen LogP contribution is 2.21. The number of aryl methyl sites for hydroxylation is 2. The van der Waals surface area contributed by atoms with E-state index in [4.69, 9.17) is 0 Å². The number of anilines is 1. The van der Waals surface area contributed by atoms with Crippen molar-refractivity contribution in [2.24, 2.45) is 0 Å². The zero-order valence-corrected chi connectivity index (χ0v) is 14.4. The molecule has 0 fully saturated rings. The quantitative estimate of drug-likeness (QED) is 0.613. The SMILES string of the molecule is Cc1nnsc1C(=O)Nc1ccc(-n2c(C)nc3cccnc32)cc1. The third kappa shape index (κ3) is 2.76. The molecule has 0 atom stereocenters. The Bertz CT molecular complexity index is 1070. The molecule has 1 amide bonds. The van der Waals surface area contributed by atoms with E-state index in [1.807, 2.05) is 47.9 Å². The molecule has 0 saturated heterocycles. The van der Waals surface area contributed by atoms with Crippen LogP contribution in [-0.4, -0.2) is 30.0 Å². The van der Waals surface area contributed by atoms with Crippen LogP contribution in [0.1, 0.15) is 21.2 Å². The second-order valence-electron chi connectivity index (χ2n) is 5.53. The number of amides is 1. The van der Waals surface area contributed by atoms with E-state index in [2.05, 4.69) is 24.9 Å². The van der Waals surface area contributed by atoms with E-state index in [1.165, 1.54) is 0 Å². The van der Waals surface area contributed by atoms with Gasteiger partial charge in [-0.25, -0.2) is 9.97 Å². The number of imidazole rings is 1. The van der Waals surface area contributed by atoms with Crippen LogP contribution < -0.4 is 5.32 Å². The van der Waals surface area contributed by atoms with E-state index < -0.39 is 0 Å². The fraction of sp³-hybridized carbons (Fsp3) is 0.118. The molecule has 0 aliphatic heterocycles. The van der Waals surface area contributed by atoms with Gasteiger partial charge in [0, 0.05) is 17.6 Å². The Morgan fingerprint density at radius 2 is 1.96 bits per heavy atom. The minimum absolute atomic E-state index is 0.203. The van der Waals surface area contributed by atoms with Crippen molar-refractivity contribution in [3.63, 3.8) is 0 Å². The molecule has 0 spiro atoms. The van der Waals surface area contributed by atoms with Crippen LogP contribution in [0.5, 0.6) is 0 Å². The van der Waals surface area contributed by atoms with E-state index in [1.54, 1.807) is 13.1 Å². The van der Waals surface area contributed by atoms with E-state index >= 15 is 0 Å². The molecule has 3 aromatic heterocycles. The molecule has 124 valence electrons. The Morgan fingerprint density at radius 1 is 1.16 bits per heavy atom. The van der Waals surface area contributed by atoms with Crippen LogP contribution in [0.4, 0.5) is 5.69 Å². The predicted octanol–water partition coefficient (Wildman–Crippen LogP) is 3.14. The highest BCUT2D eigenvalue weighted by Gasteiger charge is 2.14. The minimum Gasteiger partial charge on any atom is -0.321 e. The maximum absolute atomic E-state index is 12.2. The fourth-order valence-electron chi connectivity index (χ4n) is 2.66. The molecular formula is C17H14N6OS. The summed E-state index contributed by atoms with van der Waals surface area (Å²) in [5.41, 5.74) is 3.93. The van der Waals surface area contributed by atoms with Gasteiger partial charge in [-0.1, -0.05) is 4.49 Å². The Hall–Kier alpha value is -3.13. The molecular weight excluding hydrogens is 336 g/mol. The van der Waals surface area contributed by atoms with Crippen molar-refractivity contribution in [3.8, 4) is 5.69 Å². The highest BCUT2D eigenvalue weighted by atomic mass is 32.1. The first kappa shape index (κ1) is 15.4. The van der Waals surface area contributed by atoms with Crippen molar-refractivity contribution in [3.05, 3.63) is 59.0 Å². The van der Waals surface area contributed by atoms with Gasteiger partial charge < -0.3 is 5.32 Å². The maximum Gasteiger partial charge on any atom is 0.269 e. The van der Waals surface area contributed by atoms with Crippen molar-refractivity contribution in [2.45, 2.75) is 13.8 Å². The summed E-state index contributed by atoms with van der Waals surface area (Å²) in [6, 6.07) is 11.4. The van der Waals surface area contributed by atoms with Crippen molar-refractivity contribution >= 4 is 34.3 Å². The van der Waals surface area contributed by atoms with E-state index in [-0.39, 0.29) is 5.91 Å². The molecule has 4 rings (SSSR count). The number of nitrogens with one attached hydrogen (secondary N) is 1. The molecule has 4 aromatic rings. The second-order valence-corrected chi connectivity index (χ2v) is 6.28. The number of hydrogen-bond acceptors (Lipinski definition) is 6. The molecule has 0 saturated carbocycles. The third-order valence-corrected chi connectivity index (χ3v) is 4.65. The lowest BCUT2D eigenvalue weighted by Crippen LogP contribution is -2.11. The lowest BCUT2D eigenvalue weighted by atomic mass is 10.2. The summed E-state index contributed by atoms with van der Waals surface area (Å²) in [7, 11) is 0. The lowest BCUT2D eigenvalue weighted by Gasteiger charge is -2.08. The molecule has 8 heteroatoms. The molecule has 1 N–H and O–H groups in total. The summed E-state index contributed by atoms with van der Waals surface area (Å²) in [6.07, 6.45) is 1.75. The number of pyridine rings is 1. The van der Waals surface area contributed by atoms with Crippen molar-refractivity contribution in [1.29, 1.82) is 0 Å². The molecule has 3 heterocycles. The average molecular weight is 350 g/mol. The zero-order valence-electron chi connectivity index (χ0n) is 13.6. The van der Waals surface area contributed by atoms with Crippen LogP contribution in [0.25, 0.3) is 16.9 Å². The van der Waals surface area contributed by atoms with Gasteiger partial charge in [0.25, 0.3) is 5.91 Å². The van der Waals surface area contributed by atoms with Gasteiger partial charge in [0.05, 0.1) is 5.69 Å². The van der Waals surface area contributed by atoms with Gasteiger partial charge in [-0.15, -0.1) is 5.10 Å². The first-order valence-corrected chi connectivity index (χ1v) is 8.41. The molecule has 0 bridgehead atoms. The van der Waals surface area contributed by atoms with Gasteiger partial charge in [0.15, 0.2) is 5.65 Å². The van der Waals surface area contributed by atoms with E-state index in [0.717, 1.165) is 34.2 Å². The topological polar surface area (TPSA) is 85.6 Å². The van der Waals surface area contributed by atoms with Crippen molar-refractivity contribution in [2.75, 3.05) is 5.32 Å². The average Bonchev–Trinajstić information content (AvgIpc) is 3.18. The Kier molecular flexibility index (Phi) is 3.73. The van der Waals surface area contributed by atoms with Crippen LogP contribution >= 0.6 is 11.5 Å². The molecule has 7 nitrogen and oxygen atoms in total. The van der Waals surface area contributed by atoms with Gasteiger partial charge in [0.2, 0.25) is 0 Å². The van der Waals surface area contributed by atoms with E-state index in [9.17, 15) is 4.79 Å². The monoisotopic (exact) mass is 350 g/mol. The molecule has 25 heavy (non-hydrogen) atoms. The first-order valence-electron chi connectivity index (χ1n) is 7.64. The highest BCUT2D eigenvalue weighted by molar-refractivity contribution is 7.08. The zero-order chi connectivity index (χ0) is 17.4. The molecule has 0 aliphatic carbocycles. The van der Waals surface area contributed by atoms with E-state index in [0.29, 0.717) is 16.3 Å². The Balaban J connectivity index is 1.63. The number of carbonyl (C=O) groups excluding carboxylic acids is 1. The van der Waals surface area contributed by atoms with Crippen LogP contribution in [0.15, 0.2) is 42.6 Å². The Morgan fingerprint density at radius 3 is 2.68 bits per heavy atom. The summed E-state index contributed by atoms with van der Waals surface area (Å²) >= 11 is 1.09. The molecule has 1 aromatic carbocycles. The summed E-state index contributed by atoms with van der Waals surface area (Å²) in [5.74, 6) is 0.656. The summed E-state index contributed by atoms with van der Waals surface area (Å²) in [5, 5.41) is 6.72. The normalized spacial score (nSPS) is 11.0. The summed E-state index contributed by atoms with van der Waals surface area (Å²) in [6.45, 7) is 3.71. The van der Waals surface area contributed by atoms with Gasteiger partial charge in [0.1, 0.15) is 16.2 Å². The summed E-state index contributed by atoms with van der Waals surface area (Å²) < 4.78 is 5.77. The number of benzene rings is 1. The second kappa shape index (κ2) is 6.06. The number of aromatic nitrogens is 5. The minimum atomic E-state index is -0.203. The van der Waals surface area contributed by atoms with Gasteiger partial charge >= 0.3 is 0 Å². The number of hydrogen-bond donors (Lipinski definition) is 1. The predicted molar refractivity (Wildman–Crippen MR) is 96.2 cm³/mol. The van der Waals surface area contributed by atoms with Crippen LogP contribution in [0.2, 0.25) is 0 Å². The molecule has 0 aliphatic rings. The largest absolute Gasteiger partial charge is 0.321 e. The summed E-state index contributed by atoms with van der Waals surface area (Å²) in [4.78, 5) is 21.7. The first-order chi connectivity index (χ1) is 12.1. The smallest absolute Gasteiger partial charge is 0.269 e. The number of nitrogens with zero attached hydrogens (tertiary/aromatic N) is 5. The molecule has 0 unspecified atom stereocenters. The third-order valence-electron chi connectivity index (χ3n) is 3.82. The lowest BCUT2D eigenvalue weighted by molar-refractivity contribution is 0.103. The number of fused-ring (bicyclic) bond motifs is 1. The van der Waals surface area contributed by atoms with Crippen LogP contribution in [0.3, 0.4) is 0 Å². The number of carbonyl (C=O) groups is 1. The van der Waals surface area contributed by atoms with Crippen molar-refractivity contribution < 1.29 is 4.79 Å². The fourth-order valence-corrected chi connectivity index (χ4v) is 3.21. The standard InChI is InChI=1S/C17H14N6OS/c1-10-15(25-22-21-10)17(24)20-12-5-7-13(8-6-12)23-11(2)19-14-4-3-9-18-16(14)23/h3-9H,1-2H3,(H,20,24). The van der Waals surface area contributed by atoms with Crippen LogP contribution in [0, 0.1) is 13.8 Å². The van der Waals surface area contributed by atoms with Gasteiger partial charge in [-0.05, 0) is 61.8 Å². The van der Waals surface area contributed by atoms with Gasteiger partial charge in [-0.2, -0.15) is 0 Å². The van der Waals surface area contributed by atoms with Crippen molar-refractivity contribution in [1.82, 2.24) is 24.1 Å². The van der Waals surface area contributed by atoms with Gasteiger partial charge in [-0.3, -0.25) is 9.36 Å². The number of rotatable bonds is 3. The molecule has 0 radical (unpaired) electrons.